The summed E-state index contributed by atoms with van der Waals surface area (Å²) < 4.78 is 1.11. The summed E-state index contributed by atoms with van der Waals surface area (Å²) in [5.41, 5.74) is 7.27. The second-order valence-electron chi connectivity index (χ2n) is 3.76. The molecule has 2 N–H and O–H groups in total. The Morgan fingerprint density at radius 3 is 2.46 bits per heavy atom. The number of benzene rings is 1. The van der Waals surface area contributed by atoms with Gasteiger partial charge in [0.25, 0.3) is 0 Å². The third-order valence-corrected chi connectivity index (χ3v) is 2.75. The van der Waals surface area contributed by atoms with E-state index < -0.39 is 0 Å². The molecule has 0 amide bonds. The van der Waals surface area contributed by atoms with Crippen LogP contribution < -0.4 is 5.73 Å². The Bertz CT molecular complexity index is 271. The zero-order valence-electron chi connectivity index (χ0n) is 8.13. The molecule has 0 aromatic heterocycles. The van der Waals surface area contributed by atoms with Crippen molar-refractivity contribution >= 4 is 15.9 Å². The molecule has 0 bridgehead atoms. The summed E-state index contributed by atoms with van der Waals surface area (Å²) in [6.07, 6.45) is 1.03. The molecule has 1 aromatic carbocycles. The van der Waals surface area contributed by atoms with E-state index in [2.05, 4.69) is 35.8 Å². The van der Waals surface area contributed by atoms with E-state index >= 15 is 0 Å². The van der Waals surface area contributed by atoms with Crippen molar-refractivity contribution < 1.29 is 0 Å². The maximum Gasteiger partial charge on any atom is 0.0308 e. The van der Waals surface area contributed by atoms with Crippen LogP contribution >= 0.6 is 15.9 Å². The molecule has 0 saturated heterocycles. The first-order valence-electron chi connectivity index (χ1n) is 4.61. The minimum absolute atomic E-state index is 0.149. The fourth-order valence-electron chi connectivity index (χ4n) is 1.41. The van der Waals surface area contributed by atoms with Crippen molar-refractivity contribution in [3.05, 3.63) is 34.3 Å². The van der Waals surface area contributed by atoms with Crippen molar-refractivity contribution in [1.29, 1.82) is 0 Å². The third kappa shape index (κ3) is 3.12. The minimum Gasteiger partial charge on any atom is -0.324 e. The lowest BCUT2D eigenvalue weighted by Crippen LogP contribution is -2.13. The Hall–Kier alpha value is -0.340. The van der Waals surface area contributed by atoms with Gasteiger partial charge in [0.2, 0.25) is 0 Å². The Labute approximate surface area is 88.5 Å². The lowest BCUT2D eigenvalue weighted by molar-refractivity contribution is 0.509. The van der Waals surface area contributed by atoms with Gasteiger partial charge in [0.1, 0.15) is 0 Å². The predicted molar refractivity (Wildman–Crippen MR) is 60.5 cm³/mol. The molecule has 72 valence electrons. The van der Waals surface area contributed by atoms with Gasteiger partial charge in [-0.15, -0.1) is 0 Å². The molecule has 0 radical (unpaired) electrons. The molecular weight excluding hydrogens is 226 g/mol. The molecule has 0 unspecified atom stereocenters. The standard InChI is InChI=1S/C11H16BrN/c1-8(2)7-11(13)9-5-3-4-6-10(9)12/h3-6,8,11H,7,13H2,1-2H3/t11-/m1/s1. The zero-order valence-corrected chi connectivity index (χ0v) is 9.71. The normalized spacial score (nSPS) is 13.3. The van der Waals surface area contributed by atoms with Crippen molar-refractivity contribution in [3.63, 3.8) is 0 Å². The van der Waals surface area contributed by atoms with Crippen LogP contribution in [0.5, 0.6) is 0 Å². The van der Waals surface area contributed by atoms with E-state index in [0.29, 0.717) is 5.92 Å². The van der Waals surface area contributed by atoms with Crippen LogP contribution in [0.15, 0.2) is 28.7 Å². The molecule has 0 aliphatic heterocycles. The molecule has 0 aliphatic rings. The fraction of sp³-hybridized carbons (Fsp3) is 0.455. The van der Waals surface area contributed by atoms with Gasteiger partial charge in [-0.25, -0.2) is 0 Å². The van der Waals surface area contributed by atoms with E-state index in [1.807, 2.05) is 18.2 Å². The Balaban J connectivity index is 2.76. The second kappa shape index (κ2) is 4.77. The van der Waals surface area contributed by atoms with Gasteiger partial charge in [-0.3, -0.25) is 0 Å². The molecular formula is C11H16BrN. The maximum atomic E-state index is 6.07. The van der Waals surface area contributed by atoms with E-state index in [0.717, 1.165) is 10.9 Å². The number of rotatable bonds is 3. The van der Waals surface area contributed by atoms with E-state index in [9.17, 15) is 0 Å². The SMILES string of the molecule is CC(C)C[C@@H](N)c1ccccc1Br. The Morgan fingerprint density at radius 2 is 1.92 bits per heavy atom. The molecule has 1 rings (SSSR count). The largest absolute Gasteiger partial charge is 0.324 e. The van der Waals surface area contributed by atoms with Crippen molar-refractivity contribution in [1.82, 2.24) is 0 Å². The average molecular weight is 242 g/mol. The van der Waals surface area contributed by atoms with Crippen molar-refractivity contribution in [2.24, 2.45) is 11.7 Å². The Kier molecular flexibility index (Phi) is 3.94. The number of hydrogen-bond donors (Lipinski definition) is 1. The highest BCUT2D eigenvalue weighted by Gasteiger charge is 2.10. The van der Waals surface area contributed by atoms with Crippen molar-refractivity contribution in [2.45, 2.75) is 26.3 Å². The van der Waals surface area contributed by atoms with Gasteiger partial charge in [-0.1, -0.05) is 48.0 Å². The molecule has 0 heterocycles. The summed E-state index contributed by atoms with van der Waals surface area (Å²) in [7, 11) is 0. The van der Waals surface area contributed by atoms with Crippen LogP contribution in [0.25, 0.3) is 0 Å². The van der Waals surface area contributed by atoms with E-state index in [1.165, 1.54) is 5.56 Å². The molecule has 13 heavy (non-hydrogen) atoms. The zero-order chi connectivity index (χ0) is 9.84. The Morgan fingerprint density at radius 1 is 1.31 bits per heavy atom. The summed E-state index contributed by atoms with van der Waals surface area (Å²) >= 11 is 3.51. The quantitative estimate of drug-likeness (QED) is 0.862. The highest BCUT2D eigenvalue weighted by molar-refractivity contribution is 9.10. The number of halogens is 1. The van der Waals surface area contributed by atoms with Gasteiger partial charge in [0, 0.05) is 10.5 Å². The molecule has 0 fully saturated rings. The lowest BCUT2D eigenvalue weighted by Gasteiger charge is -2.15. The van der Waals surface area contributed by atoms with Crippen LogP contribution in [0.3, 0.4) is 0 Å². The minimum atomic E-state index is 0.149. The summed E-state index contributed by atoms with van der Waals surface area (Å²) in [6, 6.07) is 8.30. The van der Waals surface area contributed by atoms with E-state index in [1.54, 1.807) is 0 Å². The maximum absolute atomic E-state index is 6.07. The van der Waals surface area contributed by atoms with Gasteiger partial charge in [0.15, 0.2) is 0 Å². The monoisotopic (exact) mass is 241 g/mol. The van der Waals surface area contributed by atoms with E-state index in [4.69, 9.17) is 5.73 Å². The van der Waals surface area contributed by atoms with Gasteiger partial charge < -0.3 is 5.73 Å². The van der Waals surface area contributed by atoms with Gasteiger partial charge >= 0.3 is 0 Å². The van der Waals surface area contributed by atoms with Crippen LogP contribution in [-0.4, -0.2) is 0 Å². The smallest absolute Gasteiger partial charge is 0.0308 e. The summed E-state index contributed by atoms with van der Waals surface area (Å²) in [5.74, 6) is 0.641. The van der Waals surface area contributed by atoms with Crippen LogP contribution in [-0.2, 0) is 0 Å². The molecule has 1 atom stereocenters. The second-order valence-corrected chi connectivity index (χ2v) is 4.61. The van der Waals surface area contributed by atoms with Crippen molar-refractivity contribution in [2.75, 3.05) is 0 Å². The molecule has 1 aromatic rings. The first kappa shape index (κ1) is 10.7. The third-order valence-electron chi connectivity index (χ3n) is 2.03. The molecule has 0 aliphatic carbocycles. The first-order valence-corrected chi connectivity index (χ1v) is 5.40. The highest BCUT2D eigenvalue weighted by atomic mass is 79.9. The summed E-state index contributed by atoms with van der Waals surface area (Å²) in [5, 5.41) is 0. The van der Waals surface area contributed by atoms with Crippen LogP contribution in [0, 0.1) is 5.92 Å². The molecule has 0 spiro atoms. The topological polar surface area (TPSA) is 26.0 Å². The van der Waals surface area contributed by atoms with Gasteiger partial charge in [-0.2, -0.15) is 0 Å². The number of nitrogens with two attached hydrogens (primary N) is 1. The highest BCUT2D eigenvalue weighted by Crippen LogP contribution is 2.25. The van der Waals surface area contributed by atoms with Crippen LogP contribution in [0.2, 0.25) is 0 Å². The molecule has 2 heteroatoms. The van der Waals surface area contributed by atoms with Crippen LogP contribution in [0.4, 0.5) is 0 Å². The van der Waals surface area contributed by atoms with Crippen LogP contribution in [0.1, 0.15) is 31.9 Å². The number of hydrogen-bond acceptors (Lipinski definition) is 1. The van der Waals surface area contributed by atoms with Crippen molar-refractivity contribution in [3.8, 4) is 0 Å². The molecule has 0 saturated carbocycles. The van der Waals surface area contributed by atoms with Gasteiger partial charge in [-0.05, 0) is 24.0 Å². The predicted octanol–water partition coefficient (Wildman–Crippen LogP) is 3.50. The molecule has 1 nitrogen and oxygen atoms in total. The van der Waals surface area contributed by atoms with Gasteiger partial charge in [0.05, 0.1) is 0 Å². The lowest BCUT2D eigenvalue weighted by atomic mass is 9.98. The summed E-state index contributed by atoms with van der Waals surface area (Å²) in [6.45, 7) is 4.38. The van der Waals surface area contributed by atoms with E-state index in [-0.39, 0.29) is 6.04 Å². The first-order chi connectivity index (χ1) is 6.11. The summed E-state index contributed by atoms with van der Waals surface area (Å²) in [4.78, 5) is 0. The average Bonchev–Trinajstić information content (AvgIpc) is 2.03. The fourth-order valence-corrected chi connectivity index (χ4v) is 1.99.